The van der Waals surface area contributed by atoms with Gasteiger partial charge in [0.05, 0.1) is 4.90 Å². The van der Waals surface area contributed by atoms with Crippen LogP contribution in [-0.4, -0.2) is 25.9 Å². The van der Waals surface area contributed by atoms with Gasteiger partial charge < -0.3 is 0 Å². The van der Waals surface area contributed by atoms with E-state index in [-0.39, 0.29) is 0 Å². The molecule has 0 heterocycles. The second kappa shape index (κ2) is 3.80. The average Bonchev–Trinajstić information content (AvgIpc) is 2.14. The molecule has 16 heavy (non-hydrogen) atoms. The van der Waals surface area contributed by atoms with Gasteiger partial charge >= 0.3 is 15.8 Å². The van der Waals surface area contributed by atoms with Crippen LogP contribution in [0.2, 0.25) is 0 Å². The normalized spacial score (nSPS) is 12.1. The predicted molar refractivity (Wildman–Crippen MR) is 50.8 cm³/mol. The molecule has 0 atom stereocenters. The quantitative estimate of drug-likeness (QED) is 0.591. The Kier molecular flexibility index (Phi) is 2.97. The predicted octanol–water partition coefficient (Wildman–Crippen LogP) is 0.665. The Morgan fingerprint density at radius 3 is 2.00 bits per heavy atom. The molecule has 0 fully saturated rings. The zero-order valence-electron chi connectivity index (χ0n) is 7.47. The zero-order chi connectivity index (χ0) is 12.6. The van der Waals surface area contributed by atoms with Crippen molar-refractivity contribution in [1.82, 2.24) is 0 Å². The lowest BCUT2D eigenvalue weighted by Crippen LogP contribution is -2.03. The standard InChI is InChI=1S/C6H4N2O6S2/c7-8-5-2-1-4(15(9,10)11)3-6(5)16(12,13)14/h1-3H,(H-,9,10,11,12,13,14)/p+1. The minimum absolute atomic E-state index is 0.472. The molecule has 0 aliphatic rings. The third-order valence-electron chi connectivity index (χ3n) is 1.61. The Balaban J connectivity index is 3.67. The topological polar surface area (TPSA) is 137 Å². The van der Waals surface area contributed by atoms with E-state index in [9.17, 15) is 16.8 Å². The van der Waals surface area contributed by atoms with Crippen LogP contribution in [0.4, 0.5) is 5.69 Å². The molecular formula is C6H5N2O6S2+. The molecule has 0 saturated heterocycles. The number of diazo groups is 1. The highest BCUT2D eigenvalue weighted by Crippen LogP contribution is 2.26. The highest BCUT2D eigenvalue weighted by molar-refractivity contribution is 7.86. The van der Waals surface area contributed by atoms with Crippen LogP contribution < -0.4 is 0 Å². The fourth-order valence-corrected chi connectivity index (χ4v) is 2.17. The van der Waals surface area contributed by atoms with Gasteiger partial charge in [0.15, 0.2) is 9.87 Å². The van der Waals surface area contributed by atoms with Gasteiger partial charge in [-0.05, 0) is 12.1 Å². The van der Waals surface area contributed by atoms with E-state index in [4.69, 9.17) is 14.5 Å². The third-order valence-corrected chi connectivity index (χ3v) is 3.35. The van der Waals surface area contributed by atoms with Gasteiger partial charge in [-0.25, -0.2) is 0 Å². The number of hydrogen-bond donors (Lipinski definition) is 2. The zero-order valence-corrected chi connectivity index (χ0v) is 9.10. The first kappa shape index (κ1) is 12.5. The van der Waals surface area contributed by atoms with Gasteiger partial charge in [0.1, 0.15) is 0 Å². The van der Waals surface area contributed by atoms with Crippen LogP contribution in [0.5, 0.6) is 0 Å². The van der Waals surface area contributed by atoms with Gasteiger partial charge in [0, 0.05) is 6.07 Å². The first-order valence-electron chi connectivity index (χ1n) is 3.60. The number of rotatable bonds is 2. The summed E-state index contributed by atoms with van der Waals surface area (Å²) in [7, 11) is -9.37. The van der Waals surface area contributed by atoms with Crippen molar-refractivity contribution in [2.24, 2.45) is 0 Å². The van der Waals surface area contributed by atoms with Crippen molar-refractivity contribution in [1.29, 1.82) is 5.39 Å². The molecule has 0 radical (unpaired) electrons. The highest BCUT2D eigenvalue weighted by Gasteiger charge is 2.27. The van der Waals surface area contributed by atoms with E-state index < -0.39 is 35.7 Å². The van der Waals surface area contributed by atoms with Crippen LogP contribution in [0, 0.1) is 5.39 Å². The Labute approximate surface area is 90.6 Å². The van der Waals surface area contributed by atoms with Gasteiger partial charge in [0.2, 0.25) is 5.39 Å². The molecule has 1 aromatic rings. The fraction of sp³-hybridized carbons (Fsp3) is 0. The van der Waals surface area contributed by atoms with Gasteiger partial charge in [-0.15, -0.1) is 0 Å². The minimum atomic E-state index is -4.76. The summed E-state index contributed by atoms with van der Waals surface area (Å²) in [6, 6.07) is 2.10. The molecule has 0 bridgehead atoms. The number of benzene rings is 1. The van der Waals surface area contributed by atoms with Crippen molar-refractivity contribution in [3.8, 4) is 0 Å². The SMILES string of the molecule is N#[N+]c1ccc(S(=O)(=O)O)cc1S(=O)(=O)O. The Morgan fingerprint density at radius 1 is 1.06 bits per heavy atom. The maximum Gasteiger partial charge on any atom is 0.406 e. The molecule has 0 aliphatic heterocycles. The van der Waals surface area contributed by atoms with E-state index in [0.29, 0.717) is 6.07 Å². The van der Waals surface area contributed by atoms with Crippen molar-refractivity contribution in [2.75, 3.05) is 0 Å². The summed E-state index contributed by atoms with van der Waals surface area (Å²) < 4.78 is 60.4. The van der Waals surface area contributed by atoms with Crippen LogP contribution >= 0.6 is 0 Å². The third kappa shape index (κ3) is 2.52. The van der Waals surface area contributed by atoms with Crippen molar-refractivity contribution >= 4 is 25.9 Å². The smallest absolute Gasteiger partial charge is 0.282 e. The first-order chi connectivity index (χ1) is 7.16. The summed E-state index contributed by atoms with van der Waals surface area (Å²) >= 11 is 0. The fourth-order valence-electron chi connectivity index (χ4n) is 0.944. The van der Waals surface area contributed by atoms with Crippen LogP contribution in [0.25, 0.3) is 4.98 Å². The lowest BCUT2D eigenvalue weighted by molar-refractivity contribution is 0.481. The first-order valence-corrected chi connectivity index (χ1v) is 6.48. The summed E-state index contributed by atoms with van der Waals surface area (Å²) in [4.78, 5) is 0.876. The molecule has 0 aromatic heterocycles. The van der Waals surface area contributed by atoms with Crippen LogP contribution in [-0.2, 0) is 20.2 Å². The molecule has 0 saturated carbocycles. The molecule has 2 N–H and O–H groups in total. The second-order valence-electron chi connectivity index (χ2n) is 2.68. The Morgan fingerprint density at radius 2 is 1.62 bits per heavy atom. The number of hydrogen-bond acceptors (Lipinski definition) is 5. The molecule has 1 aromatic carbocycles. The van der Waals surface area contributed by atoms with Crippen LogP contribution in [0.3, 0.4) is 0 Å². The lowest BCUT2D eigenvalue weighted by Gasteiger charge is -1.97. The van der Waals surface area contributed by atoms with Crippen molar-refractivity contribution in [3.05, 3.63) is 23.2 Å². The summed E-state index contributed by atoms with van der Waals surface area (Å²) in [5, 5.41) is 8.41. The summed E-state index contributed by atoms with van der Waals surface area (Å²) in [5.74, 6) is 0. The van der Waals surface area contributed by atoms with Gasteiger partial charge in [-0.1, -0.05) is 0 Å². The second-order valence-corrected chi connectivity index (χ2v) is 5.49. The summed E-state index contributed by atoms with van der Waals surface area (Å²) in [5.41, 5.74) is -0.546. The van der Waals surface area contributed by atoms with E-state index >= 15 is 0 Å². The highest BCUT2D eigenvalue weighted by atomic mass is 32.2. The van der Waals surface area contributed by atoms with Crippen molar-refractivity contribution in [2.45, 2.75) is 9.79 Å². The van der Waals surface area contributed by atoms with Crippen molar-refractivity contribution < 1.29 is 25.9 Å². The van der Waals surface area contributed by atoms with Crippen LogP contribution in [0.15, 0.2) is 28.0 Å². The molecular weight excluding hydrogens is 260 g/mol. The van der Waals surface area contributed by atoms with Gasteiger partial charge in [-0.3, -0.25) is 9.11 Å². The molecule has 0 aliphatic carbocycles. The summed E-state index contributed by atoms with van der Waals surface area (Å²) in [6.45, 7) is 0. The van der Waals surface area contributed by atoms with E-state index in [1.165, 1.54) is 0 Å². The molecule has 0 unspecified atom stereocenters. The van der Waals surface area contributed by atoms with Crippen molar-refractivity contribution in [3.63, 3.8) is 0 Å². The van der Waals surface area contributed by atoms with Gasteiger partial charge in [0.25, 0.3) is 10.1 Å². The monoisotopic (exact) mass is 265 g/mol. The molecule has 1 rings (SSSR count). The maximum atomic E-state index is 10.8. The lowest BCUT2D eigenvalue weighted by atomic mass is 10.3. The summed E-state index contributed by atoms with van der Waals surface area (Å²) in [6.07, 6.45) is 0. The van der Waals surface area contributed by atoms with Crippen LogP contribution in [0.1, 0.15) is 0 Å². The molecule has 0 amide bonds. The number of nitrogens with zero attached hydrogens (tertiary/aromatic N) is 2. The largest absolute Gasteiger partial charge is 0.406 e. The van der Waals surface area contributed by atoms with E-state index in [1.807, 2.05) is 0 Å². The minimum Gasteiger partial charge on any atom is -0.282 e. The molecule has 8 nitrogen and oxygen atoms in total. The Bertz CT molecular complexity index is 669. The molecule has 10 heteroatoms. The molecule has 0 spiro atoms. The van der Waals surface area contributed by atoms with E-state index in [1.54, 1.807) is 0 Å². The van der Waals surface area contributed by atoms with Gasteiger partial charge in [-0.2, -0.15) is 16.8 Å². The maximum absolute atomic E-state index is 10.8. The Hall–Kier alpha value is -1.54. The van der Waals surface area contributed by atoms with E-state index in [2.05, 4.69) is 4.98 Å². The van der Waals surface area contributed by atoms with E-state index in [0.717, 1.165) is 12.1 Å². The molecule has 86 valence electrons. The average molecular weight is 265 g/mol.